The third kappa shape index (κ3) is 6.38. The van der Waals surface area contributed by atoms with Gasteiger partial charge in [0.15, 0.2) is 5.82 Å². The van der Waals surface area contributed by atoms with Crippen LogP contribution in [-0.2, 0) is 9.47 Å². The zero-order valence-corrected chi connectivity index (χ0v) is 13.7. The Morgan fingerprint density at radius 2 is 1.64 bits per heavy atom. The molecule has 0 saturated carbocycles. The summed E-state index contributed by atoms with van der Waals surface area (Å²) in [4.78, 5) is 31.9. The fourth-order valence-electron chi connectivity index (χ4n) is 1.30. The molecular weight excluding hydrogens is 288 g/mol. The number of anilines is 1. The minimum absolute atomic E-state index is 0.114. The summed E-state index contributed by atoms with van der Waals surface area (Å²) in [5.41, 5.74) is 0.876. The van der Waals surface area contributed by atoms with Crippen LogP contribution < -0.4 is 10.4 Å². The molecule has 0 aliphatic heterocycles. The molecule has 8 heteroatoms. The first-order valence-corrected chi connectivity index (χ1v) is 6.77. The molecule has 0 radical (unpaired) electrons. The van der Waals surface area contributed by atoms with Crippen molar-refractivity contribution in [3.63, 3.8) is 0 Å². The molecule has 0 bridgehead atoms. The molecular formula is C14H22N4O4. The lowest BCUT2D eigenvalue weighted by atomic mass is 10.2. The van der Waals surface area contributed by atoms with E-state index in [1.807, 2.05) is 0 Å². The highest BCUT2D eigenvalue weighted by Gasteiger charge is 2.28. The van der Waals surface area contributed by atoms with E-state index in [2.05, 4.69) is 15.4 Å². The summed E-state index contributed by atoms with van der Waals surface area (Å²) in [5.74, 6) is 0.114. The van der Waals surface area contributed by atoms with E-state index >= 15 is 0 Å². The first kappa shape index (κ1) is 17.7. The normalized spacial score (nSPS) is 11.5. The lowest BCUT2D eigenvalue weighted by Crippen LogP contribution is -2.50. The van der Waals surface area contributed by atoms with E-state index in [1.165, 1.54) is 18.6 Å². The quantitative estimate of drug-likeness (QED) is 0.801. The highest BCUT2D eigenvalue weighted by molar-refractivity contribution is 5.89. The Kier molecular flexibility index (Phi) is 5.29. The van der Waals surface area contributed by atoms with Gasteiger partial charge in [0.2, 0.25) is 0 Å². The van der Waals surface area contributed by atoms with Crippen LogP contribution in [0.4, 0.5) is 15.4 Å². The van der Waals surface area contributed by atoms with Crippen molar-refractivity contribution in [2.45, 2.75) is 52.7 Å². The molecule has 2 amide bonds. The lowest BCUT2D eigenvalue weighted by molar-refractivity contribution is 0.0424. The van der Waals surface area contributed by atoms with Crippen LogP contribution >= 0.6 is 0 Å². The highest BCUT2D eigenvalue weighted by atomic mass is 16.6. The van der Waals surface area contributed by atoms with E-state index in [4.69, 9.17) is 9.47 Å². The molecule has 0 atom stereocenters. The zero-order valence-electron chi connectivity index (χ0n) is 13.7. The van der Waals surface area contributed by atoms with Gasteiger partial charge in [-0.25, -0.2) is 20.0 Å². The van der Waals surface area contributed by atoms with Crippen LogP contribution in [0, 0.1) is 0 Å². The number of hydrogen-bond donors (Lipinski definition) is 1. The van der Waals surface area contributed by atoms with Crippen molar-refractivity contribution in [3.8, 4) is 0 Å². The summed E-state index contributed by atoms with van der Waals surface area (Å²) in [6.45, 7) is 10.3. The summed E-state index contributed by atoms with van der Waals surface area (Å²) >= 11 is 0. The topological polar surface area (TPSA) is 93.7 Å². The molecule has 0 fully saturated rings. The molecule has 1 aromatic rings. The van der Waals surface area contributed by atoms with Crippen molar-refractivity contribution in [1.29, 1.82) is 0 Å². The zero-order chi connectivity index (χ0) is 17.0. The smallest absolute Gasteiger partial charge is 0.435 e. The van der Waals surface area contributed by atoms with Gasteiger partial charge in [0.05, 0.1) is 6.20 Å². The molecule has 0 aliphatic carbocycles. The number of amides is 2. The summed E-state index contributed by atoms with van der Waals surface area (Å²) in [5, 5.41) is 0.853. The highest BCUT2D eigenvalue weighted by Crippen LogP contribution is 2.14. The fourth-order valence-corrected chi connectivity index (χ4v) is 1.30. The van der Waals surface area contributed by atoms with Gasteiger partial charge in [-0.2, -0.15) is 5.01 Å². The van der Waals surface area contributed by atoms with Crippen molar-refractivity contribution < 1.29 is 19.1 Å². The predicted octanol–water partition coefficient (Wildman–Crippen LogP) is 2.66. The van der Waals surface area contributed by atoms with Crippen molar-refractivity contribution in [3.05, 3.63) is 18.6 Å². The van der Waals surface area contributed by atoms with Crippen LogP contribution in [-0.4, -0.2) is 33.4 Å². The van der Waals surface area contributed by atoms with E-state index < -0.39 is 23.4 Å². The number of nitrogens with zero attached hydrogens (tertiary/aromatic N) is 3. The van der Waals surface area contributed by atoms with Gasteiger partial charge < -0.3 is 9.47 Å². The number of hydrazine groups is 1. The van der Waals surface area contributed by atoms with Gasteiger partial charge in [-0.3, -0.25) is 4.98 Å². The maximum absolute atomic E-state index is 12.2. The minimum atomic E-state index is -0.802. The van der Waals surface area contributed by atoms with Gasteiger partial charge >= 0.3 is 12.2 Å². The van der Waals surface area contributed by atoms with Crippen LogP contribution in [0.25, 0.3) is 0 Å². The largest absolute Gasteiger partial charge is 0.443 e. The first-order chi connectivity index (χ1) is 9.98. The molecule has 0 spiro atoms. The van der Waals surface area contributed by atoms with Gasteiger partial charge in [-0.15, -0.1) is 0 Å². The Morgan fingerprint density at radius 3 is 2.09 bits per heavy atom. The molecule has 22 heavy (non-hydrogen) atoms. The summed E-state index contributed by atoms with van der Waals surface area (Å²) in [7, 11) is 0. The SMILES string of the molecule is CC(C)(C)OC(=O)NN(C(=O)OC(C)(C)C)c1cnccn1. The summed E-state index contributed by atoms with van der Waals surface area (Å²) in [6.07, 6.45) is 2.57. The van der Waals surface area contributed by atoms with E-state index in [0.29, 0.717) is 0 Å². The number of aromatic nitrogens is 2. The molecule has 0 saturated heterocycles. The number of carbonyl (C=O) groups excluding carboxylic acids is 2. The molecule has 1 rings (SSSR count). The monoisotopic (exact) mass is 310 g/mol. The van der Waals surface area contributed by atoms with Crippen molar-refractivity contribution in [1.82, 2.24) is 15.4 Å². The van der Waals surface area contributed by atoms with E-state index in [-0.39, 0.29) is 5.82 Å². The minimum Gasteiger partial charge on any atom is -0.443 e. The van der Waals surface area contributed by atoms with Crippen LogP contribution in [0.5, 0.6) is 0 Å². The molecule has 1 heterocycles. The predicted molar refractivity (Wildman–Crippen MR) is 80.1 cm³/mol. The van der Waals surface area contributed by atoms with Crippen LogP contribution in [0.15, 0.2) is 18.6 Å². The maximum Gasteiger partial charge on any atom is 0.435 e. The van der Waals surface area contributed by atoms with Gasteiger partial charge in [-0.1, -0.05) is 0 Å². The summed E-state index contributed by atoms with van der Waals surface area (Å²) < 4.78 is 10.4. The molecule has 122 valence electrons. The van der Waals surface area contributed by atoms with E-state index in [9.17, 15) is 9.59 Å². The van der Waals surface area contributed by atoms with Gasteiger partial charge in [-0.05, 0) is 41.5 Å². The number of rotatable bonds is 1. The first-order valence-electron chi connectivity index (χ1n) is 6.77. The van der Waals surface area contributed by atoms with Crippen LogP contribution in [0.3, 0.4) is 0 Å². The Morgan fingerprint density at radius 1 is 1.05 bits per heavy atom. The van der Waals surface area contributed by atoms with Crippen LogP contribution in [0.1, 0.15) is 41.5 Å². The number of ether oxygens (including phenoxy) is 2. The second-order valence-corrected chi connectivity index (χ2v) is 6.49. The van der Waals surface area contributed by atoms with Gasteiger partial charge in [0.25, 0.3) is 0 Å². The number of carbonyl (C=O) groups is 2. The van der Waals surface area contributed by atoms with Crippen LogP contribution in [0.2, 0.25) is 0 Å². The van der Waals surface area contributed by atoms with Gasteiger partial charge in [0.1, 0.15) is 11.2 Å². The van der Waals surface area contributed by atoms with Crippen molar-refractivity contribution in [2.24, 2.45) is 0 Å². The van der Waals surface area contributed by atoms with Crippen molar-refractivity contribution in [2.75, 3.05) is 5.01 Å². The third-order valence-corrected chi connectivity index (χ3v) is 1.96. The second kappa shape index (κ2) is 6.59. The number of nitrogens with one attached hydrogen (secondary N) is 1. The molecule has 0 aliphatic rings. The fraction of sp³-hybridized carbons (Fsp3) is 0.571. The standard InChI is InChI=1S/C14H22N4O4/c1-13(2,3)21-11(19)17-18(10-9-15-7-8-16-10)12(20)22-14(4,5)6/h7-9H,1-6H3,(H,17,19). The lowest BCUT2D eigenvalue weighted by Gasteiger charge is -2.27. The maximum atomic E-state index is 12.2. The molecule has 0 unspecified atom stereocenters. The molecule has 8 nitrogen and oxygen atoms in total. The Bertz CT molecular complexity index is 520. The number of hydrogen-bond acceptors (Lipinski definition) is 6. The molecule has 1 N–H and O–H groups in total. The summed E-state index contributed by atoms with van der Waals surface area (Å²) in [6, 6.07) is 0. The second-order valence-electron chi connectivity index (χ2n) is 6.49. The Balaban J connectivity index is 2.93. The Labute approximate surface area is 129 Å². The van der Waals surface area contributed by atoms with Crippen molar-refractivity contribution >= 4 is 18.0 Å². The average molecular weight is 310 g/mol. The third-order valence-electron chi connectivity index (χ3n) is 1.96. The molecule has 0 aromatic carbocycles. The Hall–Kier alpha value is -2.38. The molecule has 1 aromatic heterocycles. The van der Waals surface area contributed by atoms with E-state index in [0.717, 1.165) is 5.01 Å². The van der Waals surface area contributed by atoms with Gasteiger partial charge in [0, 0.05) is 12.4 Å². The van der Waals surface area contributed by atoms with E-state index in [1.54, 1.807) is 41.5 Å². The average Bonchev–Trinajstić information content (AvgIpc) is 2.32.